The van der Waals surface area contributed by atoms with Gasteiger partial charge in [0.1, 0.15) is 5.60 Å². The molecule has 5 rings (SSSR count). The molecule has 1 aromatic carbocycles. The van der Waals surface area contributed by atoms with Gasteiger partial charge in [-0.1, -0.05) is 6.07 Å². The van der Waals surface area contributed by atoms with E-state index in [2.05, 4.69) is 33.0 Å². The Kier molecular flexibility index (Phi) is 6.66. The molecule has 3 aliphatic rings. The van der Waals surface area contributed by atoms with Gasteiger partial charge in [-0.15, -0.1) is 0 Å². The Hall–Kier alpha value is -3.46. The lowest BCUT2D eigenvalue weighted by Crippen LogP contribution is -2.53. The summed E-state index contributed by atoms with van der Waals surface area (Å²) < 4.78 is 5.41. The summed E-state index contributed by atoms with van der Waals surface area (Å²) in [7, 11) is 1.83. The highest BCUT2D eigenvalue weighted by Gasteiger charge is 2.41. The van der Waals surface area contributed by atoms with Gasteiger partial charge in [0.25, 0.3) is 0 Å². The summed E-state index contributed by atoms with van der Waals surface area (Å²) in [6.07, 6.45) is 5.13. The molecule has 9 heteroatoms. The Labute approximate surface area is 218 Å². The fraction of sp³-hybridized carbons (Fsp3) is 0.500. The van der Waals surface area contributed by atoms with Crippen LogP contribution in [-0.4, -0.2) is 84.1 Å². The third kappa shape index (κ3) is 5.18. The number of amides is 3. The van der Waals surface area contributed by atoms with Crippen LogP contribution in [0.4, 0.5) is 16.2 Å². The molecule has 0 bridgehead atoms. The molecule has 3 amide bonds. The van der Waals surface area contributed by atoms with Gasteiger partial charge in [-0.3, -0.25) is 19.5 Å². The first-order valence-corrected chi connectivity index (χ1v) is 13.0. The number of likely N-dealkylation sites (tertiary alicyclic amines) is 1. The zero-order chi connectivity index (χ0) is 26.3. The number of pyridine rings is 1. The van der Waals surface area contributed by atoms with Gasteiger partial charge in [0.15, 0.2) is 0 Å². The minimum Gasteiger partial charge on any atom is -0.443 e. The van der Waals surface area contributed by atoms with Crippen LogP contribution >= 0.6 is 0 Å². The number of aryl methyl sites for hydroxylation is 1. The van der Waals surface area contributed by atoms with E-state index in [1.54, 1.807) is 25.7 Å². The fourth-order valence-electron chi connectivity index (χ4n) is 5.39. The largest absolute Gasteiger partial charge is 0.443 e. The molecule has 1 unspecified atom stereocenters. The number of aromatic nitrogens is 1. The van der Waals surface area contributed by atoms with Crippen LogP contribution in [0.15, 0.2) is 36.7 Å². The third-order valence-corrected chi connectivity index (χ3v) is 7.39. The molecule has 3 aliphatic heterocycles. The molecule has 37 heavy (non-hydrogen) atoms. The highest BCUT2D eigenvalue weighted by molar-refractivity contribution is 5.97. The van der Waals surface area contributed by atoms with Crippen LogP contribution in [0.1, 0.15) is 39.2 Å². The molecule has 1 atom stereocenters. The molecule has 2 fully saturated rings. The topological polar surface area (TPSA) is 86.3 Å². The normalized spacial score (nSPS) is 20.9. The molecule has 4 heterocycles. The van der Waals surface area contributed by atoms with Gasteiger partial charge < -0.3 is 14.5 Å². The van der Waals surface area contributed by atoms with Crippen LogP contribution in [-0.2, 0) is 20.7 Å². The zero-order valence-corrected chi connectivity index (χ0v) is 22.1. The molecule has 0 radical (unpaired) electrons. The lowest BCUT2D eigenvalue weighted by molar-refractivity contribution is -0.131. The molecular formula is C28H35N5O4. The van der Waals surface area contributed by atoms with Crippen molar-refractivity contribution in [1.29, 1.82) is 0 Å². The first-order chi connectivity index (χ1) is 17.6. The summed E-state index contributed by atoms with van der Waals surface area (Å²) in [5.41, 5.74) is 4.72. The number of carbonyl (C=O) groups excluding carboxylic acids is 3. The predicted molar refractivity (Wildman–Crippen MR) is 142 cm³/mol. The summed E-state index contributed by atoms with van der Waals surface area (Å²) in [6, 6.07) is 8.12. The van der Waals surface area contributed by atoms with Crippen molar-refractivity contribution in [3.8, 4) is 11.1 Å². The van der Waals surface area contributed by atoms with E-state index in [-0.39, 0.29) is 17.9 Å². The fourth-order valence-corrected chi connectivity index (χ4v) is 5.39. The predicted octanol–water partition coefficient (Wildman–Crippen LogP) is 3.32. The van der Waals surface area contributed by atoms with E-state index >= 15 is 0 Å². The number of fused-ring (bicyclic) bond motifs is 1. The van der Waals surface area contributed by atoms with Crippen LogP contribution in [0.5, 0.6) is 0 Å². The highest BCUT2D eigenvalue weighted by atomic mass is 16.6. The van der Waals surface area contributed by atoms with Gasteiger partial charge in [-0.25, -0.2) is 9.69 Å². The molecule has 0 N–H and O–H groups in total. The SMILES string of the molecule is CN1C(=O)CCc2cc(-c3cncc(N4CCN(C5CCN(C(=O)OC(C)(C)C)C5=O)CC4)c3)ccc21. The van der Waals surface area contributed by atoms with E-state index in [1.165, 1.54) is 10.5 Å². The van der Waals surface area contributed by atoms with E-state index in [9.17, 15) is 14.4 Å². The molecule has 1 aromatic heterocycles. The van der Waals surface area contributed by atoms with E-state index in [0.29, 0.717) is 19.4 Å². The van der Waals surface area contributed by atoms with Gasteiger partial charge in [-0.05, 0) is 62.9 Å². The second kappa shape index (κ2) is 9.78. The number of anilines is 2. The van der Waals surface area contributed by atoms with Crippen LogP contribution in [0.25, 0.3) is 11.1 Å². The number of carbonyl (C=O) groups is 3. The number of piperazine rings is 1. The van der Waals surface area contributed by atoms with E-state index < -0.39 is 11.7 Å². The number of hydrogen-bond acceptors (Lipinski definition) is 7. The van der Waals surface area contributed by atoms with Crippen molar-refractivity contribution in [2.24, 2.45) is 0 Å². The Bertz CT molecular complexity index is 1220. The summed E-state index contributed by atoms with van der Waals surface area (Å²) in [5.74, 6) is -0.00831. The Morgan fingerprint density at radius 2 is 1.73 bits per heavy atom. The number of rotatable bonds is 3. The summed E-state index contributed by atoms with van der Waals surface area (Å²) in [5, 5.41) is 0. The van der Waals surface area contributed by atoms with E-state index in [4.69, 9.17) is 4.74 Å². The molecular weight excluding hydrogens is 470 g/mol. The minimum atomic E-state index is -0.627. The molecule has 196 valence electrons. The maximum Gasteiger partial charge on any atom is 0.417 e. The van der Waals surface area contributed by atoms with Crippen molar-refractivity contribution in [2.45, 2.75) is 51.7 Å². The van der Waals surface area contributed by atoms with Gasteiger partial charge in [-0.2, -0.15) is 0 Å². The molecule has 0 aliphatic carbocycles. The average molecular weight is 506 g/mol. The van der Waals surface area contributed by atoms with Crippen LogP contribution in [0.2, 0.25) is 0 Å². The lowest BCUT2D eigenvalue weighted by atomic mass is 9.96. The number of nitrogens with zero attached hydrogens (tertiary/aromatic N) is 5. The number of imide groups is 1. The average Bonchev–Trinajstić information content (AvgIpc) is 3.26. The van der Waals surface area contributed by atoms with Crippen molar-refractivity contribution < 1.29 is 19.1 Å². The number of ether oxygens (including phenoxy) is 1. The quantitative estimate of drug-likeness (QED) is 0.633. The van der Waals surface area contributed by atoms with Crippen molar-refractivity contribution in [3.63, 3.8) is 0 Å². The van der Waals surface area contributed by atoms with E-state index in [0.717, 1.165) is 55.1 Å². The second-order valence-corrected chi connectivity index (χ2v) is 11.0. The van der Waals surface area contributed by atoms with E-state index in [1.807, 2.05) is 25.5 Å². The van der Waals surface area contributed by atoms with Crippen LogP contribution in [0, 0.1) is 0 Å². The van der Waals surface area contributed by atoms with Crippen molar-refractivity contribution in [1.82, 2.24) is 14.8 Å². The van der Waals surface area contributed by atoms with Crippen LogP contribution < -0.4 is 9.80 Å². The zero-order valence-electron chi connectivity index (χ0n) is 22.1. The summed E-state index contributed by atoms with van der Waals surface area (Å²) in [6.45, 7) is 8.84. The first kappa shape index (κ1) is 25.2. The molecule has 9 nitrogen and oxygen atoms in total. The lowest BCUT2D eigenvalue weighted by Gasteiger charge is -2.38. The first-order valence-electron chi connectivity index (χ1n) is 13.0. The molecule has 2 saturated heterocycles. The number of benzene rings is 1. The Morgan fingerprint density at radius 1 is 0.973 bits per heavy atom. The van der Waals surface area contributed by atoms with Crippen LogP contribution in [0.3, 0.4) is 0 Å². The van der Waals surface area contributed by atoms with Gasteiger partial charge in [0.05, 0.1) is 17.9 Å². The van der Waals surface area contributed by atoms with Gasteiger partial charge in [0, 0.05) is 63.6 Å². The Morgan fingerprint density at radius 3 is 2.46 bits per heavy atom. The molecule has 0 spiro atoms. The standard InChI is InChI=1S/C28H35N5O4/c1-28(2,3)37-27(36)33-10-9-24(26(33)35)32-13-11-31(12-14-32)22-16-21(17-29-18-22)19-5-7-23-20(15-19)6-8-25(34)30(23)4/h5,7,15-18,24H,6,8-14H2,1-4H3. The molecule has 0 saturated carbocycles. The minimum absolute atomic E-state index is 0.153. The molecule has 2 aromatic rings. The maximum absolute atomic E-state index is 13.0. The third-order valence-electron chi connectivity index (χ3n) is 7.39. The monoisotopic (exact) mass is 505 g/mol. The van der Waals surface area contributed by atoms with Crippen molar-refractivity contribution >= 4 is 29.3 Å². The smallest absolute Gasteiger partial charge is 0.417 e. The second-order valence-electron chi connectivity index (χ2n) is 11.0. The Balaban J connectivity index is 1.23. The van der Waals surface area contributed by atoms with Crippen molar-refractivity contribution in [3.05, 3.63) is 42.2 Å². The summed E-state index contributed by atoms with van der Waals surface area (Å²) >= 11 is 0. The van der Waals surface area contributed by atoms with Gasteiger partial charge in [0.2, 0.25) is 11.8 Å². The van der Waals surface area contributed by atoms with Crippen molar-refractivity contribution in [2.75, 3.05) is 49.6 Å². The summed E-state index contributed by atoms with van der Waals surface area (Å²) in [4.78, 5) is 49.4. The number of hydrogen-bond donors (Lipinski definition) is 0. The van der Waals surface area contributed by atoms with Gasteiger partial charge >= 0.3 is 6.09 Å². The highest BCUT2D eigenvalue weighted by Crippen LogP contribution is 2.32. The maximum atomic E-state index is 13.0.